The van der Waals surface area contributed by atoms with Crippen molar-refractivity contribution in [2.45, 2.75) is 6.92 Å². The topological polar surface area (TPSA) is 78.9 Å². The molecule has 0 saturated carbocycles. The summed E-state index contributed by atoms with van der Waals surface area (Å²) in [7, 11) is 0. The summed E-state index contributed by atoms with van der Waals surface area (Å²) in [6, 6.07) is 8.68. The number of nitriles is 1. The van der Waals surface area contributed by atoms with E-state index < -0.39 is 0 Å². The Morgan fingerprint density at radius 2 is 2.35 bits per heavy atom. The monoisotopic (exact) mass is 227 g/mol. The number of carbonyl (C=O) groups excluding carboxylic acids is 1. The third kappa shape index (κ3) is 2.32. The number of aryl methyl sites for hydroxylation is 1. The molecular formula is C12H9N3O2. The Morgan fingerprint density at radius 1 is 1.53 bits per heavy atom. The van der Waals surface area contributed by atoms with Gasteiger partial charge in [-0.05, 0) is 25.1 Å². The van der Waals surface area contributed by atoms with Crippen LogP contribution in [0.25, 0.3) is 0 Å². The molecule has 5 heteroatoms. The molecule has 0 atom stereocenters. The Labute approximate surface area is 97.7 Å². The average molecular weight is 227 g/mol. The number of anilines is 1. The summed E-state index contributed by atoms with van der Waals surface area (Å²) in [5, 5.41) is 15.0. The van der Waals surface area contributed by atoms with Crippen molar-refractivity contribution in [3.05, 3.63) is 47.3 Å². The van der Waals surface area contributed by atoms with E-state index in [2.05, 4.69) is 15.0 Å². The highest BCUT2D eigenvalue weighted by Crippen LogP contribution is 2.13. The van der Waals surface area contributed by atoms with E-state index in [0.717, 1.165) is 0 Å². The minimum atomic E-state index is -0.307. The molecule has 1 heterocycles. The first-order chi connectivity index (χ1) is 8.20. The first-order valence-electron chi connectivity index (χ1n) is 4.93. The van der Waals surface area contributed by atoms with Gasteiger partial charge in [-0.1, -0.05) is 11.2 Å². The molecule has 1 N–H and O–H groups in total. The van der Waals surface area contributed by atoms with Gasteiger partial charge in [0.25, 0.3) is 5.91 Å². The second-order valence-electron chi connectivity index (χ2n) is 3.46. The van der Waals surface area contributed by atoms with Gasteiger partial charge in [-0.15, -0.1) is 0 Å². The quantitative estimate of drug-likeness (QED) is 0.852. The highest BCUT2D eigenvalue weighted by atomic mass is 16.5. The summed E-state index contributed by atoms with van der Waals surface area (Å²) in [6.07, 6.45) is 1.29. The van der Waals surface area contributed by atoms with Crippen molar-refractivity contribution in [2.75, 3.05) is 5.32 Å². The molecule has 2 aromatic rings. The summed E-state index contributed by atoms with van der Waals surface area (Å²) in [4.78, 5) is 11.8. The molecule has 1 aromatic heterocycles. The maximum Gasteiger partial charge on any atom is 0.260 e. The number of nitrogens with one attached hydrogen (secondary N) is 1. The highest BCUT2D eigenvalue weighted by Gasteiger charge is 2.12. The van der Waals surface area contributed by atoms with E-state index in [1.54, 1.807) is 31.2 Å². The highest BCUT2D eigenvalue weighted by molar-refractivity contribution is 6.04. The summed E-state index contributed by atoms with van der Waals surface area (Å²) in [5.74, 6) is -0.307. The summed E-state index contributed by atoms with van der Waals surface area (Å²) in [6.45, 7) is 1.68. The van der Waals surface area contributed by atoms with Gasteiger partial charge in [0.15, 0.2) is 0 Å². The molecule has 84 valence electrons. The van der Waals surface area contributed by atoms with Crippen LogP contribution in [0.3, 0.4) is 0 Å². The van der Waals surface area contributed by atoms with Gasteiger partial charge in [0, 0.05) is 5.69 Å². The number of hydrogen-bond acceptors (Lipinski definition) is 4. The van der Waals surface area contributed by atoms with Crippen molar-refractivity contribution in [1.82, 2.24) is 5.16 Å². The lowest BCUT2D eigenvalue weighted by Crippen LogP contribution is -2.12. The van der Waals surface area contributed by atoms with Crippen LogP contribution in [0.1, 0.15) is 21.6 Å². The van der Waals surface area contributed by atoms with Crippen molar-refractivity contribution < 1.29 is 9.32 Å². The minimum Gasteiger partial charge on any atom is -0.364 e. The van der Waals surface area contributed by atoms with E-state index in [9.17, 15) is 4.79 Å². The molecule has 2 rings (SSSR count). The van der Waals surface area contributed by atoms with Crippen LogP contribution in [0.15, 0.2) is 35.1 Å². The fourth-order valence-corrected chi connectivity index (χ4v) is 1.38. The molecule has 0 bridgehead atoms. The average Bonchev–Trinajstić information content (AvgIpc) is 2.76. The number of nitrogens with zero attached hydrogens (tertiary/aromatic N) is 2. The predicted molar refractivity (Wildman–Crippen MR) is 60.4 cm³/mol. The molecule has 0 aliphatic heterocycles. The van der Waals surface area contributed by atoms with Gasteiger partial charge in [0.1, 0.15) is 11.8 Å². The number of amides is 1. The summed E-state index contributed by atoms with van der Waals surface area (Å²) < 4.78 is 4.69. The van der Waals surface area contributed by atoms with Crippen LogP contribution in [-0.4, -0.2) is 11.1 Å². The molecule has 0 saturated heterocycles. The van der Waals surface area contributed by atoms with Crippen molar-refractivity contribution >= 4 is 11.6 Å². The van der Waals surface area contributed by atoms with E-state index in [4.69, 9.17) is 5.26 Å². The zero-order chi connectivity index (χ0) is 12.3. The van der Waals surface area contributed by atoms with Crippen LogP contribution in [-0.2, 0) is 0 Å². The predicted octanol–water partition coefficient (Wildman–Crippen LogP) is 2.11. The van der Waals surface area contributed by atoms with E-state index in [0.29, 0.717) is 22.5 Å². The second-order valence-corrected chi connectivity index (χ2v) is 3.46. The number of rotatable bonds is 2. The molecule has 5 nitrogen and oxygen atoms in total. The van der Waals surface area contributed by atoms with Crippen molar-refractivity contribution in [1.29, 1.82) is 5.26 Å². The van der Waals surface area contributed by atoms with Gasteiger partial charge < -0.3 is 9.84 Å². The van der Waals surface area contributed by atoms with Gasteiger partial charge in [-0.3, -0.25) is 4.79 Å². The number of benzene rings is 1. The molecule has 0 fully saturated rings. The zero-order valence-corrected chi connectivity index (χ0v) is 9.10. The molecule has 0 radical (unpaired) electrons. The Morgan fingerprint density at radius 3 is 3.00 bits per heavy atom. The molecular weight excluding hydrogens is 218 g/mol. The Bertz CT molecular complexity index is 596. The van der Waals surface area contributed by atoms with Gasteiger partial charge in [0.2, 0.25) is 0 Å². The van der Waals surface area contributed by atoms with Crippen molar-refractivity contribution in [3.63, 3.8) is 0 Å². The normalized spacial score (nSPS) is 9.65. The van der Waals surface area contributed by atoms with Gasteiger partial charge in [-0.25, -0.2) is 0 Å². The third-order valence-corrected chi connectivity index (χ3v) is 2.24. The number of aromatic nitrogens is 1. The fraction of sp³-hybridized carbons (Fsp3) is 0.0833. The number of hydrogen-bond donors (Lipinski definition) is 1. The van der Waals surface area contributed by atoms with Crippen LogP contribution >= 0.6 is 0 Å². The lowest BCUT2D eigenvalue weighted by atomic mass is 10.2. The van der Waals surface area contributed by atoms with Gasteiger partial charge in [-0.2, -0.15) is 5.26 Å². The Hall–Kier alpha value is -2.61. The van der Waals surface area contributed by atoms with Crippen LogP contribution in [0.4, 0.5) is 5.69 Å². The van der Waals surface area contributed by atoms with Crippen LogP contribution in [0.2, 0.25) is 0 Å². The third-order valence-electron chi connectivity index (χ3n) is 2.24. The number of carbonyl (C=O) groups is 1. The lowest BCUT2D eigenvalue weighted by Gasteiger charge is -2.03. The fourth-order valence-electron chi connectivity index (χ4n) is 1.38. The molecule has 1 amide bonds. The van der Waals surface area contributed by atoms with Crippen molar-refractivity contribution in [3.8, 4) is 6.07 Å². The molecule has 0 aliphatic rings. The summed E-state index contributed by atoms with van der Waals surface area (Å²) in [5.41, 5.74) is 1.96. The summed E-state index contributed by atoms with van der Waals surface area (Å²) >= 11 is 0. The van der Waals surface area contributed by atoms with E-state index in [-0.39, 0.29) is 5.91 Å². The Kier molecular flexibility index (Phi) is 2.88. The first kappa shape index (κ1) is 10.9. The van der Waals surface area contributed by atoms with Gasteiger partial charge >= 0.3 is 0 Å². The van der Waals surface area contributed by atoms with Crippen LogP contribution < -0.4 is 5.32 Å². The minimum absolute atomic E-state index is 0.307. The lowest BCUT2D eigenvalue weighted by molar-refractivity contribution is 0.102. The van der Waals surface area contributed by atoms with Crippen LogP contribution in [0, 0.1) is 18.3 Å². The molecule has 17 heavy (non-hydrogen) atoms. The Balaban J connectivity index is 2.19. The van der Waals surface area contributed by atoms with E-state index >= 15 is 0 Å². The van der Waals surface area contributed by atoms with E-state index in [1.807, 2.05) is 6.07 Å². The maximum absolute atomic E-state index is 11.8. The molecule has 0 spiro atoms. The van der Waals surface area contributed by atoms with Gasteiger partial charge in [0.05, 0.1) is 17.3 Å². The standard InChI is InChI=1S/C12H9N3O2/c1-8-11(7-17-15-8)12(16)14-10-4-2-3-9(5-10)6-13/h2-5,7H,1H3,(H,14,16). The largest absolute Gasteiger partial charge is 0.364 e. The molecule has 0 unspecified atom stereocenters. The van der Waals surface area contributed by atoms with E-state index in [1.165, 1.54) is 6.26 Å². The molecule has 1 aromatic carbocycles. The second kappa shape index (κ2) is 4.49. The smallest absolute Gasteiger partial charge is 0.260 e. The SMILES string of the molecule is Cc1nocc1C(=O)Nc1cccc(C#N)c1. The van der Waals surface area contributed by atoms with Crippen molar-refractivity contribution in [2.24, 2.45) is 0 Å². The first-order valence-corrected chi connectivity index (χ1v) is 4.93. The zero-order valence-electron chi connectivity index (χ0n) is 9.10. The molecule has 0 aliphatic carbocycles. The maximum atomic E-state index is 11.8. The van der Waals surface area contributed by atoms with Crippen LogP contribution in [0.5, 0.6) is 0 Å².